The van der Waals surface area contributed by atoms with E-state index < -0.39 is 11.4 Å². The summed E-state index contributed by atoms with van der Waals surface area (Å²) >= 11 is 0. The van der Waals surface area contributed by atoms with Crippen molar-refractivity contribution in [2.24, 2.45) is 10.3 Å². The highest BCUT2D eigenvalue weighted by molar-refractivity contribution is 6.37. The summed E-state index contributed by atoms with van der Waals surface area (Å²) in [4.78, 5) is 30.8. The number of nitrogens with one attached hydrogen (secondary N) is 1. The highest BCUT2D eigenvalue weighted by Crippen LogP contribution is 2.26. The summed E-state index contributed by atoms with van der Waals surface area (Å²) in [6.45, 7) is 1.54. The van der Waals surface area contributed by atoms with Crippen LogP contribution in [0.25, 0.3) is 0 Å². The van der Waals surface area contributed by atoms with Gasteiger partial charge in [-0.25, -0.2) is 5.01 Å². The molecule has 0 spiro atoms. The van der Waals surface area contributed by atoms with E-state index in [9.17, 15) is 14.8 Å². The summed E-state index contributed by atoms with van der Waals surface area (Å²) in [5.41, 5.74) is 1.88. The number of hydroxylamine groups is 1. The minimum atomic E-state index is -1.65. The number of carbonyl (C=O) groups is 2. The normalized spacial score (nSPS) is 20.6. The van der Waals surface area contributed by atoms with Gasteiger partial charge in [0.1, 0.15) is 12.8 Å². The second-order valence-electron chi connectivity index (χ2n) is 5.78. The molecule has 9 nitrogen and oxygen atoms in total. The van der Waals surface area contributed by atoms with E-state index in [0.29, 0.717) is 11.1 Å². The van der Waals surface area contributed by atoms with Crippen molar-refractivity contribution >= 4 is 23.2 Å². The van der Waals surface area contributed by atoms with Crippen molar-refractivity contribution in [3.8, 4) is 0 Å². The van der Waals surface area contributed by atoms with Gasteiger partial charge in [-0.15, -0.1) is 0 Å². The molecule has 0 saturated carbocycles. The third-order valence-corrected chi connectivity index (χ3v) is 3.97. The Morgan fingerprint density at radius 3 is 2.44 bits per heavy atom. The molecule has 0 aliphatic carbocycles. The number of nitrogens with zero attached hydrogens (tertiary/aromatic N) is 4. The predicted octanol–water partition coefficient (Wildman–Crippen LogP) is 0.304. The quantitative estimate of drug-likeness (QED) is 0.589. The Kier molecular flexibility index (Phi) is 5.19. The molecule has 2 rings (SSSR count). The monoisotopic (exact) mass is 347 g/mol. The van der Waals surface area contributed by atoms with Crippen LogP contribution in [0.4, 0.5) is 0 Å². The summed E-state index contributed by atoms with van der Waals surface area (Å²) in [5.74, 6) is -0.645. The molecule has 1 aliphatic heterocycles. The molecule has 1 aliphatic rings. The van der Waals surface area contributed by atoms with Gasteiger partial charge in [0.2, 0.25) is 5.54 Å². The molecule has 1 aromatic carbocycles. The van der Waals surface area contributed by atoms with Crippen LogP contribution in [0.5, 0.6) is 0 Å². The number of likely N-dealkylation sites (N-methyl/N-ethyl adjacent to an activating group) is 1. The zero-order valence-electron chi connectivity index (χ0n) is 14.8. The first-order valence-corrected chi connectivity index (χ1v) is 7.48. The Labute approximate surface area is 145 Å². The van der Waals surface area contributed by atoms with Gasteiger partial charge >= 0.3 is 0 Å². The minimum Gasteiger partial charge on any atom is -0.399 e. The molecule has 1 unspecified atom stereocenters. The summed E-state index contributed by atoms with van der Waals surface area (Å²) < 4.78 is 0. The maximum Gasteiger partial charge on any atom is 0.277 e. The fraction of sp³-hybridized carbons (Fsp3) is 0.375. The maximum absolute atomic E-state index is 12.6. The molecular formula is C16H21N5O4. The molecule has 0 bridgehead atoms. The van der Waals surface area contributed by atoms with Gasteiger partial charge in [-0.2, -0.15) is 10.6 Å². The lowest BCUT2D eigenvalue weighted by Gasteiger charge is -2.26. The topological polar surface area (TPSA) is 107 Å². The Bertz CT molecular complexity index is 741. The molecule has 9 heteroatoms. The van der Waals surface area contributed by atoms with E-state index in [4.69, 9.17) is 4.84 Å². The van der Waals surface area contributed by atoms with Crippen molar-refractivity contribution < 1.29 is 19.6 Å². The first kappa shape index (κ1) is 18.6. The second-order valence-corrected chi connectivity index (χ2v) is 5.78. The molecule has 134 valence electrons. The Morgan fingerprint density at radius 1 is 1.36 bits per heavy atom. The van der Waals surface area contributed by atoms with Crippen LogP contribution in [0.1, 0.15) is 22.8 Å². The van der Waals surface area contributed by atoms with Gasteiger partial charge in [0.15, 0.2) is 0 Å². The fourth-order valence-electron chi connectivity index (χ4n) is 2.63. The number of carbonyl (C=O) groups excluding carboxylic acids is 2. The van der Waals surface area contributed by atoms with Crippen LogP contribution >= 0.6 is 0 Å². The Morgan fingerprint density at radius 2 is 1.96 bits per heavy atom. The Hall–Kier alpha value is -2.78. The van der Waals surface area contributed by atoms with Crippen LogP contribution in [0, 0.1) is 0 Å². The average molecular weight is 347 g/mol. The molecule has 2 amide bonds. The summed E-state index contributed by atoms with van der Waals surface area (Å²) in [6.07, 6.45) is 0. The third-order valence-electron chi connectivity index (χ3n) is 3.97. The van der Waals surface area contributed by atoms with E-state index in [2.05, 4.69) is 10.3 Å². The number of hydrogen-bond acceptors (Lipinski definition) is 7. The predicted molar refractivity (Wildman–Crippen MR) is 91.5 cm³/mol. The number of amides is 2. The standard InChI is InChI=1S/C16H21N5O4/c1-10(18-25-5)16(19-24)13(17-21(4)15(16)23)11-6-8-12(9-7-11)14(22)20(2)3/h6-9,19,24H,1-5H3/b18-10+. The van der Waals surface area contributed by atoms with Crippen molar-refractivity contribution in [3.05, 3.63) is 35.4 Å². The smallest absolute Gasteiger partial charge is 0.277 e. The van der Waals surface area contributed by atoms with Crippen LogP contribution in [-0.4, -0.2) is 72.1 Å². The van der Waals surface area contributed by atoms with Gasteiger partial charge in [0.05, 0.1) is 5.71 Å². The second kappa shape index (κ2) is 6.99. The van der Waals surface area contributed by atoms with Gasteiger partial charge < -0.3 is 14.9 Å². The van der Waals surface area contributed by atoms with Gasteiger partial charge in [-0.1, -0.05) is 17.3 Å². The number of rotatable bonds is 5. The van der Waals surface area contributed by atoms with E-state index in [0.717, 1.165) is 5.01 Å². The van der Waals surface area contributed by atoms with E-state index in [1.165, 1.54) is 19.1 Å². The van der Waals surface area contributed by atoms with Crippen molar-refractivity contribution in [2.45, 2.75) is 12.5 Å². The van der Waals surface area contributed by atoms with Gasteiger partial charge in [-0.3, -0.25) is 9.59 Å². The van der Waals surface area contributed by atoms with Crippen LogP contribution in [-0.2, 0) is 9.63 Å². The van der Waals surface area contributed by atoms with Gasteiger partial charge in [-0.05, 0) is 19.1 Å². The summed E-state index contributed by atoms with van der Waals surface area (Å²) in [5, 5.41) is 18.9. The van der Waals surface area contributed by atoms with E-state index in [1.807, 2.05) is 5.48 Å². The van der Waals surface area contributed by atoms with Crippen LogP contribution in [0.3, 0.4) is 0 Å². The zero-order valence-corrected chi connectivity index (χ0v) is 14.8. The SMILES string of the molecule is CO/N=C(\C)C1(NO)C(=O)N(C)N=C1c1ccc(C(=O)N(C)C)cc1. The first-order chi connectivity index (χ1) is 11.8. The zero-order chi connectivity index (χ0) is 18.8. The van der Waals surface area contributed by atoms with Crippen molar-refractivity contribution in [1.82, 2.24) is 15.4 Å². The van der Waals surface area contributed by atoms with Crippen LogP contribution in [0.15, 0.2) is 34.5 Å². The highest BCUT2D eigenvalue weighted by Gasteiger charge is 2.53. The maximum atomic E-state index is 12.6. The molecule has 1 atom stereocenters. The van der Waals surface area contributed by atoms with Crippen LogP contribution in [0.2, 0.25) is 0 Å². The molecule has 1 heterocycles. The fourth-order valence-corrected chi connectivity index (χ4v) is 2.63. The lowest BCUT2D eigenvalue weighted by Crippen LogP contribution is -2.61. The molecule has 25 heavy (non-hydrogen) atoms. The molecule has 0 aromatic heterocycles. The third kappa shape index (κ3) is 2.99. The summed E-state index contributed by atoms with van der Waals surface area (Å²) in [6, 6.07) is 6.59. The van der Waals surface area contributed by atoms with Crippen LogP contribution < -0.4 is 5.48 Å². The van der Waals surface area contributed by atoms with Crippen molar-refractivity contribution in [1.29, 1.82) is 0 Å². The van der Waals surface area contributed by atoms with E-state index in [-0.39, 0.29) is 17.3 Å². The lowest BCUT2D eigenvalue weighted by atomic mass is 9.85. The average Bonchev–Trinajstić information content (AvgIpc) is 2.86. The largest absolute Gasteiger partial charge is 0.399 e. The molecule has 0 saturated heterocycles. The number of hydrogen-bond donors (Lipinski definition) is 2. The van der Waals surface area contributed by atoms with Crippen molar-refractivity contribution in [3.63, 3.8) is 0 Å². The molecular weight excluding hydrogens is 326 g/mol. The number of oxime groups is 1. The van der Waals surface area contributed by atoms with Crippen molar-refractivity contribution in [2.75, 3.05) is 28.3 Å². The first-order valence-electron chi connectivity index (χ1n) is 7.48. The van der Waals surface area contributed by atoms with Gasteiger partial charge in [0.25, 0.3) is 11.8 Å². The molecule has 0 radical (unpaired) electrons. The summed E-state index contributed by atoms with van der Waals surface area (Å²) in [7, 11) is 6.15. The number of benzene rings is 1. The molecule has 1 aromatic rings. The lowest BCUT2D eigenvalue weighted by molar-refractivity contribution is -0.133. The highest BCUT2D eigenvalue weighted by atomic mass is 16.6. The Balaban J connectivity index is 2.52. The van der Waals surface area contributed by atoms with Gasteiger partial charge in [0, 0.05) is 32.3 Å². The molecule has 0 fully saturated rings. The van der Waals surface area contributed by atoms with E-state index in [1.54, 1.807) is 45.3 Å². The van der Waals surface area contributed by atoms with E-state index >= 15 is 0 Å². The number of hydrazone groups is 1. The molecule has 2 N–H and O–H groups in total. The minimum absolute atomic E-state index is 0.142.